The van der Waals surface area contributed by atoms with E-state index in [2.05, 4.69) is 4.74 Å². The number of ether oxygens (including phenoxy) is 1. The standard InChI is InChI=1S/C8H16O5S/c1-2-13-8(10)5-3-4-7(6-9)14(11)12/h7,9H,2-6H2,1H3,(H,11,12). The molecule has 0 spiro atoms. The van der Waals surface area contributed by atoms with Gasteiger partial charge in [-0.2, -0.15) is 0 Å². The second-order valence-electron chi connectivity index (χ2n) is 2.78. The molecule has 84 valence electrons. The molecule has 2 N–H and O–H groups in total. The summed E-state index contributed by atoms with van der Waals surface area (Å²) in [6.07, 6.45) is 1.02. The Morgan fingerprint density at radius 1 is 1.57 bits per heavy atom. The molecule has 0 saturated heterocycles. The van der Waals surface area contributed by atoms with E-state index in [4.69, 9.17) is 9.66 Å². The van der Waals surface area contributed by atoms with Crippen molar-refractivity contribution in [2.45, 2.75) is 31.4 Å². The second kappa shape index (κ2) is 7.90. The number of carbonyl (C=O) groups excluding carboxylic acids is 1. The first kappa shape index (κ1) is 13.5. The number of esters is 1. The molecule has 0 saturated carbocycles. The van der Waals surface area contributed by atoms with Crippen molar-refractivity contribution in [3.05, 3.63) is 0 Å². The average Bonchev–Trinajstić information content (AvgIpc) is 2.12. The van der Waals surface area contributed by atoms with Crippen molar-refractivity contribution >= 4 is 17.0 Å². The van der Waals surface area contributed by atoms with Crippen molar-refractivity contribution in [3.8, 4) is 0 Å². The van der Waals surface area contributed by atoms with E-state index >= 15 is 0 Å². The van der Waals surface area contributed by atoms with Crippen LogP contribution in [0.15, 0.2) is 0 Å². The van der Waals surface area contributed by atoms with Crippen molar-refractivity contribution in [2.75, 3.05) is 13.2 Å². The molecule has 0 aliphatic heterocycles. The van der Waals surface area contributed by atoms with Gasteiger partial charge in [0, 0.05) is 6.42 Å². The van der Waals surface area contributed by atoms with Crippen molar-refractivity contribution in [1.29, 1.82) is 0 Å². The molecule has 0 heterocycles. The molecule has 0 aliphatic carbocycles. The summed E-state index contributed by atoms with van der Waals surface area (Å²) in [5.41, 5.74) is 0. The van der Waals surface area contributed by atoms with Gasteiger partial charge in [-0.15, -0.1) is 0 Å². The minimum absolute atomic E-state index is 0.224. The molecular weight excluding hydrogens is 208 g/mol. The van der Waals surface area contributed by atoms with Crippen LogP contribution >= 0.6 is 0 Å². The monoisotopic (exact) mass is 224 g/mol. The molecule has 5 nitrogen and oxygen atoms in total. The Balaban J connectivity index is 3.61. The van der Waals surface area contributed by atoms with Crippen LogP contribution in [0.2, 0.25) is 0 Å². The zero-order valence-corrected chi connectivity index (χ0v) is 8.96. The molecule has 0 fully saturated rings. The fourth-order valence-electron chi connectivity index (χ4n) is 0.963. The number of hydrogen-bond donors (Lipinski definition) is 2. The van der Waals surface area contributed by atoms with E-state index < -0.39 is 16.3 Å². The molecule has 2 unspecified atom stereocenters. The average molecular weight is 224 g/mol. The summed E-state index contributed by atoms with van der Waals surface area (Å²) in [4.78, 5) is 10.9. The molecule has 0 aliphatic rings. The molecule has 0 radical (unpaired) electrons. The van der Waals surface area contributed by atoms with Gasteiger partial charge in [-0.05, 0) is 19.8 Å². The normalized spacial score (nSPS) is 14.8. The minimum Gasteiger partial charge on any atom is -0.466 e. The Morgan fingerprint density at radius 2 is 2.21 bits per heavy atom. The van der Waals surface area contributed by atoms with Crippen LogP contribution in [0.3, 0.4) is 0 Å². The molecule has 6 heteroatoms. The lowest BCUT2D eigenvalue weighted by molar-refractivity contribution is -0.143. The topological polar surface area (TPSA) is 83.8 Å². The van der Waals surface area contributed by atoms with Gasteiger partial charge in [0.1, 0.15) is 0 Å². The molecule has 14 heavy (non-hydrogen) atoms. The minimum atomic E-state index is -2.02. The van der Waals surface area contributed by atoms with Crippen LogP contribution in [-0.2, 0) is 20.6 Å². The maximum Gasteiger partial charge on any atom is 0.305 e. The van der Waals surface area contributed by atoms with Gasteiger partial charge in [-0.25, -0.2) is 4.21 Å². The smallest absolute Gasteiger partial charge is 0.305 e. The molecular formula is C8H16O5S. The fourth-order valence-corrected chi connectivity index (χ4v) is 1.46. The van der Waals surface area contributed by atoms with Gasteiger partial charge in [-0.3, -0.25) is 4.79 Å². The number of carbonyl (C=O) groups is 1. The maximum absolute atomic E-state index is 10.9. The zero-order valence-electron chi connectivity index (χ0n) is 8.14. The van der Waals surface area contributed by atoms with Crippen molar-refractivity contribution < 1.29 is 23.4 Å². The highest BCUT2D eigenvalue weighted by Gasteiger charge is 2.14. The van der Waals surface area contributed by atoms with Crippen LogP contribution in [0.5, 0.6) is 0 Å². The third-order valence-electron chi connectivity index (χ3n) is 1.70. The Labute approximate surface area is 85.7 Å². The van der Waals surface area contributed by atoms with Crippen molar-refractivity contribution in [2.24, 2.45) is 0 Å². The van der Waals surface area contributed by atoms with Gasteiger partial charge < -0.3 is 14.4 Å². The first-order valence-corrected chi connectivity index (χ1v) is 5.65. The Kier molecular flexibility index (Phi) is 7.64. The van der Waals surface area contributed by atoms with Crippen LogP contribution in [0, 0.1) is 0 Å². The highest BCUT2D eigenvalue weighted by molar-refractivity contribution is 7.79. The number of rotatable bonds is 7. The largest absolute Gasteiger partial charge is 0.466 e. The third-order valence-corrected chi connectivity index (χ3v) is 2.66. The molecule has 0 bridgehead atoms. The van der Waals surface area contributed by atoms with Gasteiger partial charge in [0.05, 0.1) is 18.5 Å². The predicted octanol–water partition coefficient (Wildman–Crippen LogP) is 0.302. The summed E-state index contributed by atoms with van der Waals surface area (Å²) in [5, 5.41) is 8.03. The maximum atomic E-state index is 10.9. The van der Waals surface area contributed by atoms with Gasteiger partial charge >= 0.3 is 5.97 Å². The number of aliphatic hydroxyl groups excluding tert-OH is 1. The predicted molar refractivity (Wildman–Crippen MR) is 52.1 cm³/mol. The van der Waals surface area contributed by atoms with E-state index in [0.717, 1.165) is 0 Å². The van der Waals surface area contributed by atoms with E-state index in [1.807, 2.05) is 0 Å². The van der Waals surface area contributed by atoms with Crippen LogP contribution in [-0.4, -0.2) is 38.3 Å². The lowest BCUT2D eigenvalue weighted by Gasteiger charge is -2.08. The summed E-state index contributed by atoms with van der Waals surface area (Å²) in [6, 6.07) is 0. The second-order valence-corrected chi connectivity index (χ2v) is 4.00. The number of hydrogen-bond acceptors (Lipinski definition) is 4. The molecule has 2 atom stereocenters. The quantitative estimate of drug-likeness (QED) is 0.480. The highest BCUT2D eigenvalue weighted by Crippen LogP contribution is 2.06. The molecule has 0 aromatic rings. The number of aliphatic hydroxyl groups is 1. The Bertz CT molecular complexity index is 194. The SMILES string of the molecule is CCOC(=O)CCCC(CO)S(=O)O. The highest BCUT2D eigenvalue weighted by atomic mass is 32.2. The first-order valence-electron chi connectivity index (χ1n) is 4.48. The summed E-state index contributed by atoms with van der Waals surface area (Å²) >= 11 is -2.02. The van der Waals surface area contributed by atoms with Gasteiger partial charge in [0.2, 0.25) is 0 Å². The molecule has 0 amide bonds. The fraction of sp³-hybridized carbons (Fsp3) is 0.875. The third kappa shape index (κ3) is 6.06. The van der Waals surface area contributed by atoms with Crippen LogP contribution in [0.1, 0.15) is 26.2 Å². The Morgan fingerprint density at radius 3 is 2.64 bits per heavy atom. The molecule has 0 aromatic heterocycles. The summed E-state index contributed by atoms with van der Waals surface area (Å²) in [7, 11) is 0. The van der Waals surface area contributed by atoms with E-state index in [-0.39, 0.29) is 19.0 Å². The van der Waals surface area contributed by atoms with Gasteiger partial charge in [-0.1, -0.05) is 0 Å². The van der Waals surface area contributed by atoms with Crippen molar-refractivity contribution in [3.63, 3.8) is 0 Å². The van der Waals surface area contributed by atoms with E-state index in [1.54, 1.807) is 6.92 Å². The van der Waals surface area contributed by atoms with Crippen LogP contribution < -0.4 is 0 Å². The molecule has 0 rings (SSSR count). The summed E-state index contributed by atoms with van der Waals surface area (Å²) < 4.78 is 23.9. The lowest BCUT2D eigenvalue weighted by atomic mass is 10.2. The zero-order chi connectivity index (χ0) is 11.0. The van der Waals surface area contributed by atoms with Gasteiger partial charge in [0.15, 0.2) is 11.1 Å². The van der Waals surface area contributed by atoms with Crippen molar-refractivity contribution in [1.82, 2.24) is 0 Å². The summed E-state index contributed by atoms with van der Waals surface area (Å²) in [6.45, 7) is 1.72. The van der Waals surface area contributed by atoms with Crippen LogP contribution in [0.4, 0.5) is 0 Å². The van der Waals surface area contributed by atoms with Gasteiger partial charge in [0.25, 0.3) is 0 Å². The van der Waals surface area contributed by atoms with E-state index in [1.165, 1.54) is 0 Å². The summed E-state index contributed by atoms with van der Waals surface area (Å²) in [5.74, 6) is -0.312. The van der Waals surface area contributed by atoms with E-state index in [9.17, 15) is 9.00 Å². The Hall–Kier alpha value is -0.460. The lowest BCUT2D eigenvalue weighted by Crippen LogP contribution is -2.19. The van der Waals surface area contributed by atoms with Crippen LogP contribution in [0.25, 0.3) is 0 Å². The molecule has 0 aromatic carbocycles. The first-order chi connectivity index (χ1) is 6.61. The van der Waals surface area contributed by atoms with E-state index in [0.29, 0.717) is 19.4 Å².